The third-order valence-corrected chi connectivity index (χ3v) is 5.18. The molecule has 0 aliphatic carbocycles. The van der Waals surface area contributed by atoms with E-state index in [9.17, 15) is 0 Å². The second-order valence-corrected chi connectivity index (χ2v) is 7.05. The average Bonchev–Trinajstić information content (AvgIpc) is 3.11. The highest BCUT2D eigenvalue weighted by atomic mass is 35.5. The molecule has 0 unspecified atom stereocenters. The fraction of sp³-hybridized carbons (Fsp3) is 0.150. The minimum atomic E-state index is 0.273. The van der Waals surface area contributed by atoms with E-state index in [-0.39, 0.29) is 6.61 Å². The van der Waals surface area contributed by atoms with Gasteiger partial charge in [0.05, 0.1) is 0 Å². The molecule has 0 fully saturated rings. The summed E-state index contributed by atoms with van der Waals surface area (Å²) in [5, 5.41) is 18.1. The summed E-state index contributed by atoms with van der Waals surface area (Å²) in [4.78, 5) is 0. The van der Waals surface area contributed by atoms with E-state index in [4.69, 9.17) is 27.9 Å². The third kappa shape index (κ3) is 3.74. The summed E-state index contributed by atoms with van der Waals surface area (Å²) >= 11 is 12.6. The number of anilines is 1. The molecule has 1 heterocycles. The molecule has 0 saturated carbocycles. The molecule has 0 atom stereocenters. The topological polar surface area (TPSA) is 64.9 Å². The molecule has 0 amide bonds. The summed E-state index contributed by atoms with van der Waals surface area (Å²) in [5.41, 5.74) is 1.76. The minimum Gasteiger partial charge on any atom is -0.488 e. The first-order valence-electron chi connectivity index (χ1n) is 8.66. The van der Waals surface area contributed by atoms with Gasteiger partial charge in [0.25, 0.3) is 0 Å². The first kappa shape index (κ1) is 18.5. The highest BCUT2D eigenvalue weighted by Gasteiger charge is 2.13. The Morgan fingerprint density at radius 1 is 0.964 bits per heavy atom. The van der Waals surface area contributed by atoms with Crippen LogP contribution in [0.4, 0.5) is 5.95 Å². The van der Waals surface area contributed by atoms with E-state index >= 15 is 0 Å². The Labute approximate surface area is 172 Å². The Bertz CT molecular complexity index is 1110. The molecule has 0 spiro atoms. The summed E-state index contributed by atoms with van der Waals surface area (Å²) in [5.74, 6) is 1.32. The summed E-state index contributed by atoms with van der Waals surface area (Å²) in [6.45, 7) is 0.774. The number of hydrogen-bond acceptors (Lipinski definition) is 5. The van der Waals surface area contributed by atoms with Crippen LogP contribution in [0.2, 0.25) is 10.0 Å². The van der Waals surface area contributed by atoms with Gasteiger partial charge in [0.2, 0.25) is 5.95 Å². The number of fused-ring (bicyclic) bond motifs is 1. The largest absolute Gasteiger partial charge is 0.488 e. The number of benzene rings is 3. The smallest absolute Gasteiger partial charge is 0.242 e. The van der Waals surface area contributed by atoms with Gasteiger partial charge in [0.15, 0.2) is 0 Å². The number of rotatable bonds is 6. The SMILES string of the molecule is Cn1nnnc1NCc1c(OCc2c(Cl)cccc2Cl)ccc2ccccc12. The zero-order chi connectivity index (χ0) is 19.5. The molecule has 1 N–H and O–H groups in total. The van der Waals surface area contributed by atoms with Gasteiger partial charge in [0.1, 0.15) is 12.4 Å². The molecule has 1 aromatic heterocycles. The second-order valence-electron chi connectivity index (χ2n) is 6.23. The molecule has 4 rings (SSSR count). The number of nitrogens with one attached hydrogen (secondary N) is 1. The lowest BCUT2D eigenvalue weighted by molar-refractivity contribution is 0.304. The van der Waals surface area contributed by atoms with Crippen molar-refractivity contribution >= 4 is 39.9 Å². The van der Waals surface area contributed by atoms with E-state index in [0.29, 0.717) is 22.5 Å². The molecule has 0 saturated heterocycles. The first-order chi connectivity index (χ1) is 13.6. The molecule has 4 aromatic rings. The molecule has 3 aromatic carbocycles. The first-order valence-corrected chi connectivity index (χ1v) is 9.41. The zero-order valence-electron chi connectivity index (χ0n) is 15.1. The van der Waals surface area contributed by atoms with Crippen LogP contribution in [0, 0.1) is 0 Å². The molecular weight excluding hydrogens is 397 g/mol. The van der Waals surface area contributed by atoms with Crippen molar-refractivity contribution in [1.82, 2.24) is 20.2 Å². The van der Waals surface area contributed by atoms with E-state index < -0.39 is 0 Å². The molecule has 0 aliphatic rings. The van der Waals surface area contributed by atoms with E-state index in [1.165, 1.54) is 0 Å². The minimum absolute atomic E-state index is 0.273. The lowest BCUT2D eigenvalue weighted by Crippen LogP contribution is -2.08. The van der Waals surface area contributed by atoms with Crippen LogP contribution in [0.25, 0.3) is 10.8 Å². The van der Waals surface area contributed by atoms with E-state index in [1.807, 2.05) is 30.3 Å². The van der Waals surface area contributed by atoms with Crippen molar-refractivity contribution in [2.45, 2.75) is 13.2 Å². The monoisotopic (exact) mass is 413 g/mol. The summed E-state index contributed by atoms with van der Waals surface area (Å²) in [6, 6.07) is 17.6. The maximum Gasteiger partial charge on any atom is 0.242 e. The number of aryl methyl sites for hydroxylation is 1. The highest BCUT2D eigenvalue weighted by Crippen LogP contribution is 2.31. The predicted octanol–water partition coefficient (Wildman–Crippen LogP) is 4.86. The maximum atomic E-state index is 6.28. The molecule has 8 heteroatoms. The normalized spacial score (nSPS) is 11.0. The molecule has 142 valence electrons. The van der Waals surface area contributed by atoms with Crippen molar-refractivity contribution in [3.05, 3.63) is 75.8 Å². The van der Waals surface area contributed by atoms with Gasteiger partial charge in [0, 0.05) is 34.8 Å². The van der Waals surface area contributed by atoms with Crippen LogP contribution in [0.5, 0.6) is 5.75 Å². The van der Waals surface area contributed by atoms with Crippen LogP contribution >= 0.6 is 23.2 Å². The van der Waals surface area contributed by atoms with Gasteiger partial charge in [-0.2, -0.15) is 0 Å². The van der Waals surface area contributed by atoms with E-state index in [0.717, 1.165) is 27.6 Å². The fourth-order valence-electron chi connectivity index (χ4n) is 3.00. The lowest BCUT2D eigenvalue weighted by Gasteiger charge is -2.16. The van der Waals surface area contributed by atoms with E-state index in [2.05, 4.69) is 33.0 Å². The Morgan fingerprint density at radius 2 is 1.75 bits per heavy atom. The van der Waals surface area contributed by atoms with Crippen molar-refractivity contribution in [2.75, 3.05) is 5.32 Å². The van der Waals surface area contributed by atoms with Crippen molar-refractivity contribution in [2.24, 2.45) is 7.05 Å². The number of aromatic nitrogens is 4. The van der Waals surface area contributed by atoms with Gasteiger partial charge in [-0.1, -0.05) is 64.7 Å². The standard InChI is InChI=1S/C20H17Cl2N5O/c1-27-20(24-25-26-27)23-11-15-14-6-3-2-5-13(14)9-10-19(15)28-12-16-17(21)7-4-8-18(16)22/h2-10H,11-12H2,1H3,(H,23,24,26). The van der Waals surface area contributed by atoms with Gasteiger partial charge in [-0.3, -0.25) is 0 Å². The fourth-order valence-corrected chi connectivity index (χ4v) is 3.51. The molecular formula is C20H17Cl2N5O. The average molecular weight is 414 g/mol. The number of halogens is 2. The summed E-state index contributed by atoms with van der Waals surface area (Å²) in [6.07, 6.45) is 0. The van der Waals surface area contributed by atoms with Gasteiger partial charge < -0.3 is 10.1 Å². The van der Waals surface area contributed by atoms with Crippen molar-refractivity contribution < 1.29 is 4.74 Å². The van der Waals surface area contributed by atoms with Crippen LogP contribution in [0.15, 0.2) is 54.6 Å². The molecule has 6 nitrogen and oxygen atoms in total. The predicted molar refractivity (Wildman–Crippen MR) is 111 cm³/mol. The number of ether oxygens (including phenoxy) is 1. The van der Waals surface area contributed by atoms with Gasteiger partial charge in [-0.25, -0.2) is 4.68 Å². The Hall–Kier alpha value is -2.83. The molecule has 0 radical (unpaired) electrons. The van der Waals surface area contributed by atoms with Crippen LogP contribution in [0.3, 0.4) is 0 Å². The van der Waals surface area contributed by atoms with Crippen LogP contribution < -0.4 is 10.1 Å². The van der Waals surface area contributed by atoms with Gasteiger partial charge >= 0.3 is 0 Å². The van der Waals surface area contributed by atoms with Crippen LogP contribution in [-0.2, 0) is 20.2 Å². The molecule has 28 heavy (non-hydrogen) atoms. The maximum absolute atomic E-state index is 6.28. The van der Waals surface area contributed by atoms with Gasteiger partial charge in [-0.15, -0.1) is 0 Å². The summed E-state index contributed by atoms with van der Waals surface area (Å²) < 4.78 is 7.70. The van der Waals surface area contributed by atoms with Crippen molar-refractivity contribution in [3.8, 4) is 5.75 Å². The molecule has 0 bridgehead atoms. The Balaban J connectivity index is 1.66. The molecule has 0 aliphatic heterocycles. The second kappa shape index (κ2) is 8.04. The number of tetrazole rings is 1. The Kier molecular flexibility index (Phi) is 5.32. The van der Waals surface area contributed by atoms with Gasteiger partial charge in [-0.05, 0) is 39.4 Å². The summed E-state index contributed by atoms with van der Waals surface area (Å²) in [7, 11) is 1.78. The number of nitrogens with zero attached hydrogens (tertiary/aromatic N) is 4. The van der Waals surface area contributed by atoms with Crippen molar-refractivity contribution in [3.63, 3.8) is 0 Å². The van der Waals surface area contributed by atoms with Crippen LogP contribution in [-0.4, -0.2) is 20.2 Å². The van der Waals surface area contributed by atoms with Crippen molar-refractivity contribution in [1.29, 1.82) is 0 Å². The van der Waals surface area contributed by atoms with E-state index in [1.54, 1.807) is 23.9 Å². The number of hydrogen-bond donors (Lipinski definition) is 1. The highest BCUT2D eigenvalue weighted by molar-refractivity contribution is 6.35. The third-order valence-electron chi connectivity index (χ3n) is 4.47. The lowest BCUT2D eigenvalue weighted by atomic mass is 10.0. The van der Waals surface area contributed by atoms with Crippen LogP contribution in [0.1, 0.15) is 11.1 Å². The zero-order valence-corrected chi connectivity index (χ0v) is 16.6. The Morgan fingerprint density at radius 3 is 2.50 bits per heavy atom. The quantitative estimate of drug-likeness (QED) is 0.488.